The summed E-state index contributed by atoms with van der Waals surface area (Å²) in [5, 5.41) is 0. The number of unbranched alkanes of at least 4 members (excludes halogenated alkanes) is 12. The van der Waals surface area contributed by atoms with E-state index >= 15 is 0 Å². The average Bonchev–Trinajstić information content (AvgIpc) is 2.72. The van der Waals surface area contributed by atoms with Crippen molar-refractivity contribution < 1.29 is 14.2 Å². The molecule has 0 unspecified atom stereocenters. The maximum absolute atomic E-state index is 6.10. The minimum Gasteiger partial charge on any atom is -0.332 e. The van der Waals surface area contributed by atoms with E-state index in [-0.39, 0.29) is 0 Å². The lowest BCUT2D eigenvalue weighted by atomic mass is 10.1. The molecule has 0 saturated carbocycles. The van der Waals surface area contributed by atoms with Gasteiger partial charge in [0.05, 0.1) is 19.8 Å². The van der Waals surface area contributed by atoms with Gasteiger partial charge in [0.2, 0.25) is 5.60 Å². The fourth-order valence-electron chi connectivity index (χ4n) is 3.13. The van der Waals surface area contributed by atoms with Crippen LogP contribution in [0.3, 0.4) is 0 Å². The van der Waals surface area contributed by atoms with Crippen LogP contribution in [-0.4, -0.2) is 35.7 Å². The van der Waals surface area contributed by atoms with E-state index < -0.39 is 5.60 Å². The molecule has 0 N–H and O–H groups in total. The molecule has 0 aliphatic carbocycles. The van der Waals surface area contributed by atoms with E-state index in [9.17, 15) is 0 Å². The summed E-state index contributed by atoms with van der Waals surface area (Å²) < 4.78 is 18.3. The molecule has 0 aliphatic heterocycles. The molecule has 0 rings (SSSR count). The topological polar surface area (TPSA) is 27.7 Å². The zero-order valence-electron chi connectivity index (χ0n) is 19.3. The Morgan fingerprint density at radius 1 is 0.483 bits per heavy atom. The molecule has 4 heteroatoms. The minimum absolute atomic E-state index is 0.719. The highest BCUT2D eigenvalue weighted by molar-refractivity contribution is 6.12. The summed E-state index contributed by atoms with van der Waals surface area (Å²) in [7, 11) is 0.723. The van der Waals surface area contributed by atoms with Gasteiger partial charge in [-0.1, -0.05) is 56.8 Å². The van der Waals surface area contributed by atoms with Gasteiger partial charge in [-0.05, 0) is 57.8 Å². The smallest absolute Gasteiger partial charge is 0.245 e. The second kappa shape index (κ2) is 22.0. The van der Waals surface area contributed by atoms with Crippen molar-refractivity contribution in [1.82, 2.24) is 0 Å². The van der Waals surface area contributed by atoms with Gasteiger partial charge in [0, 0.05) is 0 Å². The van der Waals surface area contributed by atoms with Crippen LogP contribution in [0.2, 0.25) is 0 Å². The molecule has 0 fully saturated rings. The fourth-order valence-corrected chi connectivity index (χ4v) is 3.74. The first kappa shape index (κ1) is 28.3. The molecular weight excluding hydrogens is 376 g/mol. The molecule has 29 heavy (non-hydrogen) atoms. The third-order valence-electron chi connectivity index (χ3n) is 5.00. The predicted octanol–water partition coefficient (Wildman–Crippen LogP) is 6.42. The van der Waals surface area contributed by atoms with E-state index in [4.69, 9.17) is 14.2 Å². The third-order valence-corrected chi connectivity index (χ3v) is 5.87. The highest BCUT2D eigenvalue weighted by Crippen LogP contribution is 2.16. The van der Waals surface area contributed by atoms with Gasteiger partial charge in [-0.2, -0.15) is 0 Å². The van der Waals surface area contributed by atoms with Crippen molar-refractivity contribution in [1.29, 1.82) is 0 Å². The molecule has 0 atom stereocenters. The van der Waals surface area contributed by atoms with Gasteiger partial charge in [-0.15, -0.1) is 19.7 Å². The van der Waals surface area contributed by atoms with E-state index in [0.717, 1.165) is 68.6 Å². The van der Waals surface area contributed by atoms with Crippen LogP contribution in [0.15, 0.2) is 38.0 Å². The molecule has 0 aromatic rings. The normalized spacial score (nSPS) is 11.6. The molecule has 0 amide bonds. The van der Waals surface area contributed by atoms with Gasteiger partial charge in [0.15, 0.2) is 0 Å². The van der Waals surface area contributed by atoms with Crippen LogP contribution in [0, 0.1) is 0 Å². The van der Waals surface area contributed by atoms with E-state index in [1.807, 2.05) is 18.2 Å². The summed E-state index contributed by atoms with van der Waals surface area (Å²) in [6.07, 6.45) is 23.5. The van der Waals surface area contributed by atoms with E-state index in [1.165, 1.54) is 57.8 Å². The van der Waals surface area contributed by atoms with Crippen LogP contribution in [0.25, 0.3) is 0 Å². The quantitative estimate of drug-likeness (QED) is 0.0774. The maximum atomic E-state index is 6.10. The summed E-state index contributed by atoms with van der Waals surface area (Å²) in [6.45, 7) is 13.5. The van der Waals surface area contributed by atoms with Crippen LogP contribution >= 0.6 is 0 Å². The molecule has 3 nitrogen and oxygen atoms in total. The van der Waals surface area contributed by atoms with Crippen LogP contribution in [0.1, 0.15) is 96.3 Å². The summed E-state index contributed by atoms with van der Waals surface area (Å²) >= 11 is 0. The Balaban J connectivity index is 4.07. The summed E-state index contributed by atoms with van der Waals surface area (Å²) in [5.41, 5.74) is -0.774. The van der Waals surface area contributed by atoms with Gasteiger partial charge in [0.25, 0.3) is 0 Å². The SMILES string of the molecule is C=CCCCCCCOC([SiH3])(OCCCCCCC=C)OCCCCCCC=C. The zero-order valence-corrected chi connectivity index (χ0v) is 21.3. The van der Waals surface area contributed by atoms with Gasteiger partial charge in [-0.25, -0.2) is 0 Å². The molecule has 0 aromatic carbocycles. The lowest BCUT2D eigenvalue weighted by Crippen LogP contribution is -2.41. The third kappa shape index (κ3) is 20.4. The van der Waals surface area contributed by atoms with E-state index in [1.54, 1.807) is 0 Å². The van der Waals surface area contributed by atoms with Gasteiger partial charge in [-0.3, -0.25) is 0 Å². The Hall–Kier alpha value is -0.683. The van der Waals surface area contributed by atoms with Crippen molar-refractivity contribution in [2.45, 2.75) is 102 Å². The standard InChI is InChI=1S/C25H48O3Si/c1-4-7-10-13-16-19-22-26-25(29,27-23-20-17-14-11-8-5-2)28-24-21-18-15-12-9-6-3/h4-6H,1-3,7-24H2,29H3. The number of hydrogen-bond donors (Lipinski definition) is 0. The number of ether oxygens (including phenoxy) is 3. The Morgan fingerprint density at radius 3 is 1.03 bits per heavy atom. The maximum Gasteiger partial charge on any atom is 0.245 e. The molecule has 0 aromatic heterocycles. The molecular formula is C25H48O3Si. The van der Waals surface area contributed by atoms with Crippen molar-refractivity contribution in [3.05, 3.63) is 38.0 Å². The minimum atomic E-state index is -0.774. The highest BCUT2D eigenvalue weighted by atomic mass is 28.1. The summed E-state index contributed by atoms with van der Waals surface area (Å²) in [5.74, 6) is 0. The Kier molecular flexibility index (Phi) is 21.5. The lowest BCUT2D eigenvalue weighted by Gasteiger charge is -2.30. The summed E-state index contributed by atoms with van der Waals surface area (Å²) in [4.78, 5) is 0. The molecule has 0 bridgehead atoms. The van der Waals surface area contributed by atoms with Crippen molar-refractivity contribution in [3.63, 3.8) is 0 Å². The van der Waals surface area contributed by atoms with Crippen LogP contribution in [-0.2, 0) is 14.2 Å². The molecule has 0 spiro atoms. The highest BCUT2D eigenvalue weighted by Gasteiger charge is 2.26. The summed E-state index contributed by atoms with van der Waals surface area (Å²) in [6, 6.07) is 0. The first-order chi connectivity index (χ1) is 14.2. The van der Waals surface area contributed by atoms with E-state index in [2.05, 4.69) is 19.7 Å². The van der Waals surface area contributed by atoms with Crippen molar-refractivity contribution in [3.8, 4) is 0 Å². The van der Waals surface area contributed by atoms with E-state index in [0.29, 0.717) is 0 Å². The Labute approximate surface area is 184 Å². The molecule has 0 heterocycles. The molecule has 0 saturated heterocycles. The van der Waals surface area contributed by atoms with Gasteiger partial charge < -0.3 is 14.2 Å². The first-order valence-electron chi connectivity index (χ1n) is 11.9. The largest absolute Gasteiger partial charge is 0.332 e. The average molecular weight is 425 g/mol. The fraction of sp³-hybridized carbons (Fsp3) is 0.760. The van der Waals surface area contributed by atoms with Gasteiger partial charge in [0.1, 0.15) is 10.2 Å². The van der Waals surface area contributed by atoms with Crippen molar-refractivity contribution >= 4 is 10.2 Å². The number of hydrogen-bond acceptors (Lipinski definition) is 3. The molecule has 0 radical (unpaired) electrons. The first-order valence-corrected chi connectivity index (χ1v) is 12.9. The van der Waals surface area contributed by atoms with Crippen molar-refractivity contribution in [2.24, 2.45) is 0 Å². The number of rotatable bonds is 24. The Bertz CT molecular complexity index is 329. The molecule has 0 aliphatic rings. The lowest BCUT2D eigenvalue weighted by molar-refractivity contribution is -0.326. The van der Waals surface area contributed by atoms with Crippen LogP contribution in [0.5, 0.6) is 0 Å². The number of allylic oxidation sites excluding steroid dienone is 3. The molecule has 170 valence electrons. The zero-order chi connectivity index (χ0) is 21.5. The Morgan fingerprint density at radius 2 is 0.759 bits per heavy atom. The van der Waals surface area contributed by atoms with Gasteiger partial charge >= 0.3 is 0 Å². The van der Waals surface area contributed by atoms with Crippen LogP contribution < -0.4 is 0 Å². The van der Waals surface area contributed by atoms with Crippen molar-refractivity contribution in [2.75, 3.05) is 19.8 Å². The monoisotopic (exact) mass is 424 g/mol. The predicted molar refractivity (Wildman–Crippen MR) is 130 cm³/mol. The second-order valence-electron chi connectivity index (χ2n) is 7.88. The van der Waals surface area contributed by atoms with Crippen LogP contribution in [0.4, 0.5) is 0 Å². The second-order valence-corrected chi connectivity index (χ2v) is 9.11.